The highest BCUT2D eigenvalue weighted by Crippen LogP contribution is 2.48. The first-order chi connectivity index (χ1) is 12.6. The summed E-state index contributed by atoms with van der Waals surface area (Å²) >= 11 is 0. The van der Waals surface area contributed by atoms with E-state index in [0.717, 1.165) is 11.1 Å². The SMILES string of the molecule is CCOC(=O)C1(C(=O)OCC)Cc2ccccc2C1=C=Cc1ccco1. The van der Waals surface area contributed by atoms with Gasteiger partial charge in [0.15, 0.2) is 0 Å². The zero-order chi connectivity index (χ0) is 18.6. The maximum atomic E-state index is 12.9. The molecule has 1 aromatic heterocycles. The van der Waals surface area contributed by atoms with Crippen molar-refractivity contribution in [2.24, 2.45) is 5.41 Å². The number of hydrogen-bond acceptors (Lipinski definition) is 5. The van der Waals surface area contributed by atoms with E-state index in [9.17, 15) is 9.59 Å². The van der Waals surface area contributed by atoms with Gasteiger partial charge in [-0.3, -0.25) is 9.59 Å². The monoisotopic (exact) mass is 352 g/mol. The molecular formula is C21H20O5. The molecule has 1 aromatic carbocycles. The third kappa shape index (κ3) is 2.98. The fourth-order valence-electron chi connectivity index (χ4n) is 3.18. The molecule has 0 fully saturated rings. The number of esters is 2. The van der Waals surface area contributed by atoms with E-state index in [0.29, 0.717) is 11.3 Å². The first-order valence-electron chi connectivity index (χ1n) is 8.57. The van der Waals surface area contributed by atoms with Crippen LogP contribution in [-0.2, 0) is 25.5 Å². The van der Waals surface area contributed by atoms with Crippen LogP contribution in [0.5, 0.6) is 0 Å². The quantitative estimate of drug-likeness (QED) is 0.467. The van der Waals surface area contributed by atoms with Crippen LogP contribution in [0.25, 0.3) is 11.6 Å². The zero-order valence-electron chi connectivity index (χ0n) is 14.8. The molecule has 134 valence electrons. The molecule has 1 aliphatic rings. The van der Waals surface area contributed by atoms with Crippen molar-refractivity contribution >= 4 is 23.6 Å². The Kier molecular flexibility index (Phi) is 5.10. The summed E-state index contributed by atoms with van der Waals surface area (Å²) in [7, 11) is 0. The van der Waals surface area contributed by atoms with Crippen molar-refractivity contribution in [2.75, 3.05) is 13.2 Å². The number of benzene rings is 1. The van der Waals surface area contributed by atoms with Crippen LogP contribution in [0.4, 0.5) is 0 Å². The molecule has 26 heavy (non-hydrogen) atoms. The molecule has 0 radical (unpaired) electrons. The van der Waals surface area contributed by atoms with E-state index in [2.05, 4.69) is 5.73 Å². The Bertz CT molecular complexity index is 852. The van der Waals surface area contributed by atoms with E-state index in [1.165, 1.54) is 0 Å². The summed E-state index contributed by atoms with van der Waals surface area (Å²) in [5, 5.41) is 0. The minimum Gasteiger partial charge on any atom is -0.465 e. The highest BCUT2D eigenvalue weighted by atomic mass is 16.6. The Morgan fingerprint density at radius 2 is 1.81 bits per heavy atom. The second kappa shape index (κ2) is 7.46. The van der Waals surface area contributed by atoms with Gasteiger partial charge in [0.1, 0.15) is 5.76 Å². The maximum Gasteiger partial charge on any atom is 0.329 e. The highest BCUT2D eigenvalue weighted by molar-refractivity contribution is 6.14. The van der Waals surface area contributed by atoms with Crippen molar-refractivity contribution in [2.45, 2.75) is 20.3 Å². The standard InChI is InChI=1S/C21H20O5/c1-3-24-19(22)21(20(23)25-4-2)14-15-8-5-6-10-17(15)18(21)12-11-16-9-7-13-26-16/h5-11,13H,3-4,14H2,1-2H3. The minimum atomic E-state index is -1.56. The molecule has 2 aromatic rings. The van der Waals surface area contributed by atoms with E-state index >= 15 is 0 Å². The van der Waals surface area contributed by atoms with Gasteiger partial charge in [-0.1, -0.05) is 24.3 Å². The van der Waals surface area contributed by atoms with Crippen LogP contribution in [0.2, 0.25) is 0 Å². The molecule has 1 heterocycles. The van der Waals surface area contributed by atoms with E-state index in [4.69, 9.17) is 13.9 Å². The van der Waals surface area contributed by atoms with Crippen molar-refractivity contribution in [1.82, 2.24) is 0 Å². The first kappa shape index (κ1) is 17.8. The van der Waals surface area contributed by atoms with Gasteiger partial charge in [-0.15, -0.1) is 5.73 Å². The molecule has 0 amide bonds. The fraction of sp³-hybridized carbons (Fsp3) is 0.286. The average molecular weight is 352 g/mol. The molecule has 0 N–H and O–H groups in total. The summed E-state index contributed by atoms with van der Waals surface area (Å²) in [6, 6.07) is 11.0. The van der Waals surface area contributed by atoms with Gasteiger partial charge >= 0.3 is 11.9 Å². The molecule has 1 aliphatic carbocycles. The Hall–Kier alpha value is -3.04. The normalized spacial score (nSPS) is 14.3. The first-order valence-corrected chi connectivity index (χ1v) is 8.57. The molecule has 0 atom stereocenters. The molecule has 0 unspecified atom stereocenters. The number of fused-ring (bicyclic) bond motifs is 1. The lowest BCUT2D eigenvalue weighted by Gasteiger charge is -2.25. The van der Waals surface area contributed by atoms with Crippen molar-refractivity contribution in [1.29, 1.82) is 0 Å². The Labute approximate surface area is 151 Å². The maximum absolute atomic E-state index is 12.9. The molecule has 0 saturated carbocycles. The molecule has 5 nitrogen and oxygen atoms in total. The summed E-state index contributed by atoms with van der Waals surface area (Å²) in [4.78, 5) is 25.8. The lowest BCUT2D eigenvalue weighted by molar-refractivity contribution is -0.166. The van der Waals surface area contributed by atoms with Crippen LogP contribution in [-0.4, -0.2) is 25.2 Å². The van der Waals surface area contributed by atoms with Gasteiger partial charge < -0.3 is 13.9 Å². The number of hydrogen-bond donors (Lipinski definition) is 0. The van der Waals surface area contributed by atoms with Crippen molar-refractivity contribution in [3.63, 3.8) is 0 Å². The third-order valence-corrected chi connectivity index (χ3v) is 4.32. The van der Waals surface area contributed by atoms with Gasteiger partial charge in [0, 0.05) is 18.1 Å². The fourth-order valence-corrected chi connectivity index (χ4v) is 3.18. The Balaban J connectivity index is 2.22. The Morgan fingerprint density at radius 3 is 2.42 bits per heavy atom. The van der Waals surface area contributed by atoms with Crippen LogP contribution in [0.1, 0.15) is 30.7 Å². The summed E-state index contributed by atoms with van der Waals surface area (Å²) in [5.41, 5.74) is 3.66. The van der Waals surface area contributed by atoms with Gasteiger partial charge in [-0.2, -0.15) is 0 Å². The second-order valence-electron chi connectivity index (χ2n) is 5.86. The number of rotatable bonds is 5. The molecule has 5 heteroatoms. The summed E-state index contributed by atoms with van der Waals surface area (Å²) in [6.45, 7) is 3.76. The Morgan fingerprint density at radius 1 is 1.12 bits per heavy atom. The molecule has 3 rings (SSSR count). The lowest BCUT2D eigenvalue weighted by Crippen LogP contribution is -2.42. The van der Waals surface area contributed by atoms with Crippen LogP contribution in [0, 0.1) is 5.41 Å². The zero-order valence-corrected chi connectivity index (χ0v) is 14.8. The van der Waals surface area contributed by atoms with Gasteiger partial charge in [0.05, 0.1) is 19.5 Å². The smallest absolute Gasteiger partial charge is 0.329 e. The molecular weight excluding hydrogens is 332 g/mol. The lowest BCUT2D eigenvalue weighted by atomic mass is 9.80. The number of carbonyl (C=O) groups excluding carboxylic acids is 2. The predicted octanol–water partition coefficient (Wildman–Crippen LogP) is 3.64. The van der Waals surface area contributed by atoms with E-state index in [-0.39, 0.29) is 19.6 Å². The van der Waals surface area contributed by atoms with Gasteiger partial charge in [0.25, 0.3) is 0 Å². The minimum absolute atomic E-state index is 0.172. The predicted molar refractivity (Wildman–Crippen MR) is 95.9 cm³/mol. The van der Waals surface area contributed by atoms with Crippen molar-refractivity contribution in [3.8, 4) is 0 Å². The van der Waals surface area contributed by atoms with Crippen LogP contribution >= 0.6 is 0 Å². The molecule has 0 bridgehead atoms. The van der Waals surface area contributed by atoms with E-state index in [1.807, 2.05) is 24.3 Å². The molecule has 0 spiro atoms. The topological polar surface area (TPSA) is 65.7 Å². The van der Waals surface area contributed by atoms with E-state index < -0.39 is 17.4 Å². The van der Waals surface area contributed by atoms with Crippen molar-refractivity contribution < 1.29 is 23.5 Å². The van der Waals surface area contributed by atoms with Gasteiger partial charge in [-0.25, -0.2) is 0 Å². The van der Waals surface area contributed by atoms with Crippen LogP contribution in [0.3, 0.4) is 0 Å². The number of carbonyl (C=O) groups is 2. The van der Waals surface area contributed by atoms with Crippen LogP contribution in [0.15, 0.2) is 52.8 Å². The number of furan rings is 1. The highest BCUT2D eigenvalue weighted by Gasteiger charge is 2.56. The number of ether oxygens (including phenoxy) is 2. The third-order valence-electron chi connectivity index (χ3n) is 4.32. The molecule has 0 aliphatic heterocycles. The van der Waals surface area contributed by atoms with Crippen LogP contribution < -0.4 is 0 Å². The second-order valence-corrected chi connectivity index (χ2v) is 5.86. The summed E-state index contributed by atoms with van der Waals surface area (Å²) in [6.07, 6.45) is 3.35. The van der Waals surface area contributed by atoms with Gasteiger partial charge in [0.2, 0.25) is 5.41 Å². The molecule has 0 saturated heterocycles. The average Bonchev–Trinajstić information content (AvgIpc) is 3.26. The van der Waals surface area contributed by atoms with Gasteiger partial charge in [-0.05, 0) is 37.1 Å². The summed E-state index contributed by atoms with van der Waals surface area (Å²) < 4.78 is 15.8. The van der Waals surface area contributed by atoms with Crippen molar-refractivity contribution in [3.05, 3.63) is 65.3 Å². The summed E-state index contributed by atoms with van der Waals surface area (Å²) in [5.74, 6) is -0.668. The van der Waals surface area contributed by atoms with E-state index in [1.54, 1.807) is 38.3 Å². The largest absolute Gasteiger partial charge is 0.465 e.